The molecular weight excluding hydrogens is 662 g/mol. The third-order valence-electron chi connectivity index (χ3n) is 13.0. The van der Waals surface area contributed by atoms with Crippen molar-refractivity contribution in [3.8, 4) is 0 Å². The van der Waals surface area contributed by atoms with Crippen LogP contribution in [0.4, 0.5) is 0 Å². The summed E-state index contributed by atoms with van der Waals surface area (Å²) < 4.78 is 6.05. The van der Waals surface area contributed by atoms with E-state index in [4.69, 9.17) is 4.74 Å². The van der Waals surface area contributed by atoms with Gasteiger partial charge in [0.2, 0.25) is 23.5 Å². The van der Waals surface area contributed by atoms with Crippen molar-refractivity contribution in [1.82, 2.24) is 15.1 Å². The van der Waals surface area contributed by atoms with Crippen molar-refractivity contribution in [3.05, 3.63) is 12.7 Å². The first kappa shape index (κ1) is 40.0. The average molecular weight is 724 g/mol. The number of carbonyl (C=O) groups is 7. The molecule has 0 aromatic heterocycles. The van der Waals surface area contributed by atoms with E-state index < -0.39 is 29.6 Å². The van der Waals surface area contributed by atoms with E-state index in [0.29, 0.717) is 32.4 Å². The number of imide groups is 1. The lowest BCUT2D eigenvalue weighted by Gasteiger charge is -2.37. The molecule has 8 atom stereocenters. The number of amides is 4. The number of hydrogen-bond acceptors (Lipinski definition) is 8. The van der Waals surface area contributed by atoms with Crippen molar-refractivity contribution in [1.29, 1.82) is 0 Å². The second-order valence-electron chi connectivity index (χ2n) is 18.0. The first-order valence-corrected chi connectivity index (χ1v) is 19.8. The van der Waals surface area contributed by atoms with E-state index in [2.05, 4.69) is 25.7 Å². The minimum absolute atomic E-state index is 0.0535. The predicted molar refractivity (Wildman–Crippen MR) is 194 cm³/mol. The molecule has 0 aromatic carbocycles. The number of nitrogens with one attached hydrogen (secondary N) is 1. The molecule has 3 aliphatic heterocycles. The number of carbonyl (C=O) groups excluding carboxylic acids is 7. The molecule has 4 amide bonds. The number of Topliss-reactive ketones (excluding diaryl/α,β-unsaturated/α-hetero) is 3. The zero-order valence-corrected chi connectivity index (χ0v) is 32.1. The number of rotatable bonds is 10. The molecule has 288 valence electrons. The van der Waals surface area contributed by atoms with Crippen LogP contribution in [0.25, 0.3) is 0 Å². The Hall–Kier alpha value is -3.21. The van der Waals surface area contributed by atoms with Gasteiger partial charge in [-0.3, -0.25) is 38.5 Å². The summed E-state index contributed by atoms with van der Waals surface area (Å²) in [5.41, 5.74) is -0.535. The van der Waals surface area contributed by atoms with Crippen LogP contribution in [0.3, 0.4) is 0 Å². The smallest absolute Gasteiger partial charge is 0.287 e. The Kier molecular flexibility index (Phi) is 12.6. The maximum atomic E-state index is 14.5. The fraction of sp³-hybridized carbons (Fsp3) is 0.780. The van der Waals surface area contributed by atoms with Crippen LogP contribution in [-0.4, -0.2) is 89.7 Å². The Morgan fingerprint density at radius 3 is 2.27 bits per heavy atom. The van der Waals surface area contributed by atoms with Gasteiger partial charge in [-0.15, -0.1) is 6.58 Å². The number of piperidine rings is 2. The van der Waals surface area contributed by atoms with E-state index >= 15 is 0 Å². The van der Waals surface area contributed by atoms with Crippen LogP contribution >= 0.6 is 0 Å². The zero-order chi connectivity index (χ0) is 38.0. The SMILES string of the molecule is C=CCNC(=O)C(=O)[C@@H]1CCCCCCCOCC(CC(=O)C[C@H](CN2C(=O)C3CCC(C3)C2=O)C(C)(C)C)C(=O)N2C[C@H]3[C@@H]([C@H]2C(=O)C1)C3(C)C. The largest absolute Gasteiger partial charge is 0.381 e. The van der Waals surface area contributed by atoms with Crippen molar-refractivity contribution >= 4 is 41.0 Å². The van der Waals surface area contributed by atoms with Gasteiger partial charge in [-0.25, -0.2) is 0 Å². The summed E-state index contributed by atoms with van der Waals surface area (Å²) in [6.45, 7) is 15.0. The van der Waals surface area contributed by atoms with Crippen LogP contribution in [-0.2, 0) is 38.3 Å². The Morgan fingerprint density at radius 2 is 1.62 bits per heavy atom. The molecule has 11 nitrogen and oxygen atoms in total. The maximum Gasteiger partial charge on any atom is 0.287 e. The Bertz CT molecular complexity index is 1410. The molecule has 2 bridgehead atoms. The van der Waals surface area contributed by atoms with Crippen molar-refractivity contribution < 1.29 is 38.3 Å². The molecule has 5 aliphatic rings. The molecule has 3 unspecified atom stereocenters. The van der Waals surface area contributed by atoms with Crippen LogP contribution in [0.15, 0.2) is 12.7 Å². The topological polar surface area (TPSA) is 147 Å². The monoisotopic (exact) mass is 723 g/mol. The first-order valence-electron chi connectivity index (χ1n) is 19.8. The van der Waals surface area contributed by atoms with Crippen molar-refractivity contribution in [2.45, 2.75) is 118 Å². The van der Waals surface area contributed by atoms with Crippen LogP contribution in [0.5, 0.6) is 0 Å². The van der Waals surface area contributed by atoms with Gasteiger partial charge in [0.05, 0.1) is 18.6 Å². The third kappa shape index (κ3) is 8.77. The van der Waals surface area contributed by atoms with Gasteiger partial charge in [-0.05, 0) is 60.7 Å². The standard InChI is InChI=1S/C41H61N3O8/c1-7-16-42-36(48)35(47)25-13-11-9-8-10-12-17-52-24-28(39(51)43-23-31-33(41(31,5)6)34(43)32(46)20-25)19-30(45)21-29(40(2,3)4)22-44-37(49)26-14-15-27(18-26)38(44)50/h7,25-29,31,33-34H,1,8-24H2,2-6H3,(H,42,48)/t25-,26?,27?,28?,29-,31+,33+,34-/m1/s1. The highest BCUT2D eigenvalue weighted by atomic mass is 16.5. The molecule has 5 fully saturated rings. The lowest BCUT2D eigenvalue weighted by Crippen LogP contribution is -2.50. The Morgan fingerprint density at radius 1 is 0.962 bits per heavy atom. The summed E-state index contributed by atoms with van der Waals surface area (Å²) >= 11 is 0. The number of hydrogen-bond donors (Lipinski definition) is 1. The molecule has 0 radical (unpaired) electrons. The van der Waals surface area contributed by atoms with Gasteiger partial charge in [0.1, 0.15) is 5.78 Å². The van der Waals surface area contributed by atoms with Crippen LogP contribution in [0.1, 0.15) is 112 Å². The molecule has 52 heavy (non-hydrogen) atoms. The Labute approximate surface area is 309 Å². The highest BCUT2D eigenvalue weighted by Gasteiger charge is 2.69. The summed E-state index contributed by atoms with van der Waals surface area (Å²) in [5.74, 6) is -4.28. The molecule has 5 rings (SSSR count). The fourth-order valence-corrected chi connectivity index (χ4v) is 9.47. The molecule has 2 saturated carbocycles. The van der Waals surface area contributed by atoms with E-state index in [1.165, 1.54) is 11.0 Å². The summed E-state index contributed by atoms with van der Waals surface area (Å²) in [6, 6.07) is -0.738. The summed E-state index contributed by atoms with van der Waals surface area (Å²) in [7, 11) is 0. The van der Waals surface area contributed by atoms with Gasteiger partial charge in [0.15, 0.2) is 5.78 Å². The third-order valence-corrected chi connectivity index (χ3v) is 13.0. The maximum absolute atomic E-state index is 14.5. The summed E-state index contributed by atoms with van der Waals surface area (Å²) in [5, 5.41) is 2.56. The molecule has 0 spiro atoms. The Balaban J connectivity index is 1.34. The van der Waals surface area contributed by atoms with Gasteiger partial charge in [0.25, 0.3) is 5.91 Å². The second-order valence-corrected chi connectivity index (χ2v) is 18.0. The molecule has 3 heterocycles. The first-order chi connectivity index (χ1) is 24.6. The van der Waals surface area contributed by atoms with Crippen molar-refractivity contribution in [2.75, 3.05) is 32.8 Å². The van der Waals surface area contributed by atoms with Crippen molar-refractivity contribution in [3.63, 3.8) is 0 Å². The molecule has 1 N–H and O–H groups in total. The lowest BCUT2D eigenvalue weighted by atomic mass is 9.76. The van der Waals surface area contributed by atoms with Crippen molar-refractivity contribution in [2.24, 2.45) is 52.3 Å². The quantitative estimate of drug-likeness (QED) is 0.194. The van der Waals surface area contributed by atoms with Crippen LogP contribution in [0.2, 0.25) is 0 Å². The number of ketones is 3. The number of fused-ring (bicyclic) bond motifs is 5. The molecular formula is C41H61N3O8. The van der Waals surface area contributed by atoms with Gasteiger partial charge in [-0.2, -0.15) is 0 Å². The molecule has 0 aromatic rings. The van der Waals surface area contributed by atoms with E-state index in [0.717, 1.165) is 38.5 Å². The molecule has 11 heteroatoms. The highest BCUT2D eigenvalue weighted by Crippen LogP contribution is 2.65. The van der Waals surface area contributed by atoms with Crippen LogP contribution < -0.4 is 5.32 Å². The predicted octanol–water partition coefficient (Wildman–Crippen LogP) is 4.70. The van der Waals surface area contributed by atoms with E-state index in [9.17, 15) is 33.6 Å². The van der Waals surface area contributed by atoms with E-state index in [1.54, 1.807) is 4.90 Å². The van der Waals surface area contributed by atoms with E-state index in [1.807, 2.05) is 20.8 Å². The second kappa shape index (κ2) is 16.4. The number of ether oxygens (including phenoxy) is 1. The minimum atomic E-state index is -0.798. The highest BCUT2D eigenvalue weighted by molar-refractivity contribution is 6.37. The molecule has 2 aliphatic carbocycles. The minimum Gasteiger partial charge on any atom is -0.381 e. The lowest BCUT2D eigenvalue weighted by molar-refractivity contribution is -0.154. The fourth-order valence-electron chi connectivity index (χ4n) is 9.47. The van der Waals surface area contributed by atoms with Gasteiger partial charge < -0.3 is 15.0 Å². The van der Waals surface area contributed by atoms with Gasteiger partial charge in [0, 0.05) is 63.3 Å². The zero-order valence-electron chi connectivity index (χ0n) is 32.1. The van der Waals surface area contributed by atoms with Crippen LogP contribution in [0, 0.1) is 52.3 Å². The van der Waals surface area contributed by atoms with Gasteiger partial charge >= 0.3 is 0 Å². The molecule has 3 saturated heterocycles. The number of likely N-dealkylation sites (tertiary alicyclic amines) is 1. The normalized spacial score (nSPS) is 31.8. The summed E-state index contributed by atoms with van der Waals surface area (Å²) in [6.07, 6.45) is 8.10. The average Bonchev–Trinajstić information content (AvgIpc) is 3.46. The number of nitrogens with zero attached hydrogens (tertiary/aromatic N) is 2. The van der Waals surface area contributed by atoms with E-state index in [-0.39, 0.29) is 109 Å². The van der Waals surface area contributed by atoms with Gasteiger partial charge in [-0.1, -0.05) is 66.4 Å². The summed E-state index contributed by atoms with van der Waals surface area (Å²) in [4.78, 5) is 98.1.